The maximum atomic E-state index is 11.2. The Hall–Kier alpha value is -0.570. The van der Waals surface area contributed by atoms with Gasteiger partial charge < -0.3 is 5.11 Å². The summed E-state index contributed by atoms with van der Waals surface area (Å²) in [5.74, 6) is -0.0180. The average molecular weight is 227 g/mol. The van der Waals surface area contributed by atoms with E-state index in [2.05, 4.69) is 18.7 Å². The molecular weight excluding hydrogens is 202 g/mol. The molecule has 1 aliphatic heterocycles. The highest BCUT2D eigenvalue weighted by molar-refractivity contribution is 5.73. The summed E-state index contributed by atoms with van der Waals surface area (Å²) in [5.41, 5.74) is 0. The molecule has 2 atom stereocenters. The Kier molecular flexibility index (Phi) is 5.81. The number of hydrogen-bond donors (Lipinski definition) is 1. The fourth-order valence-corrected chi connectivity index (χ4v) is 2.65. The summed E-state index contributed by atoms with van der Waals surface area (Å²) in [5, 5.41) is 9.23. The van der Waals surface area contributed by atoms with Gasteiger partial charge in [-0.15, -0.1) is 0 Å². The van der Waals surface area contributed by atoms with Gasteiger partial charge in [-0.1, -0.05) is 33.1 Å². The van der Waals surface area contributed by atoms with Crippen molar-refractivity contribution in [1.29, 1.82) is 0 Å². The molecule has 94 valence electrons. The van der Waals surface area contributed by atoms with Crippen LogP contribution in [0.1, 0.15) is 52.4 Å². The lowest BCUT2D eigenvalue weighted by Crippen LogP contribution is -2.42. The third-order valence-electron chi connectivity index (χ3n) is 3.48. The molecule has 0 aromatic rings. The van der Waals surface area contributed by atoms with E-state index in [4.69, 9.17) is 0 Å². The van der Waals surface area contributed by atoms with Crippen LogP contribution in [0, 0.1) is 5.92 Å². The van der Waals surface area contributed by atoms with Crippen LogP contribution in [-0.2, 0) is 4.79 Å². The number of likely N-dealkylation sites (tertiary alicyclic amines) is 1. The molecule has 0 saturated carbocycles. The van der Waals surface area contributed by atoms with E-state index in [0.29, 0.717) is 5.92 Å². The zero-order valence-electron chi connectivity index (χ0n) is 10.6. The lowest BCUT2D eigenvalue weighted by molar-refractivity contribution is -0.143. The van der Waals surface area contributed by atoms with Gasteiger partial charge in [0.05, 0.1) is 0 Å². The van der Waals surface area contributed by atoms with E-state index in [-0.39, 0.29) is 6.04 Å². The molecule has 1 heterocycles. The second-order valence-corrected chi connectivity index (χ2v) is 5.09. The van der Waals surface area contributed by atoms with Crippen LogP contribution in [0.25, 0.3) is 0 Å². The van der Waals surface area contributed by atoms with Gasteiger partial charge in [-0.2, -0.15) is 0 Å². The Balaban J connectivity index is 2.53. The highest BCUT2D eigenvalue weighted by Crippen LogP contribution is 2.19. The highest BCUT2D eigenvalue weighted by Gasteiger charge is 2.27. The first kappa shape index (κ1) is 13.5. The highest BCUT2D eigenvalue weighted by atomic mass is 16.4. The SMILES string of the molecule is CCCC(C)CN1CCCCCC1C(=O)O. The monoisotopic (exact) mass is 227 g/mol. The molecule has 1 saturated heterocycles. The standard InChI is InChI=1S/C13H25NO2/c1-3-7-11(2)10-14-9-6-4-5-8-12(14)13(15)16/h11-12H,3-10H2,1-2H3,(H,15,16). The van der Waals surface area contributed by atoms with Gasteiger partial charge in [0.2, 0.25) is 0 Å². The summed E-state index contributed by atoms with van der Waals surface area (Å²) in [4.78, 5) is 13.4. The number of nitrogens with zero attached hydrogens (tertiary/aromatic N) is 1. The van der Waals surface area contributed by atoms with Crippen molar-refractivity contribution in [2.24, 2.45) is 5.92 Å². The normalized spacial score (nSPS) is 25.0. The minimum Gasteiger partial charge on any atom is -0.480 e. The quantitative estimate of drug-likeness (QED) is 0.785. The third-order valence-corrected chi connectivity index (χ3v) is 3.48. The molecule has 0 amide bonds. The van der Waals surface area contributed by atoms with Crippen molar-refractivity contribution < 1.29 is 9.90 Å². The molecular formula is C13H25NO2. The molecule has 16 heavy (non-hydrogen) atoms. The second-order valence-electron chi connectivity index (χ2n) is 5.09. The molecule has 0 bridgehead atoms. The fraction of sp³-hybridized carbons (Fsp3) is 0.923. The molecule has 1 N–H and O–H groups in total. The number of rotatable bonds is 5. The van der Waals surface area contributed by atoms with E-state index >= 15 is 0 Å². The zero-order chi connectivity index (χ0) is 12.0. The van der Waals surface area contributed by atoms with Gasteiger partial charge in [-0.3, -0.25) is 9.69 Å². The Morgan fingerprint density at radius 3 is 2.81 bits per heavy atom. The van der Waals surface area contributed by atoms with Gasteiger partial charge in [-0.05, 0) is 31.7 Å². The van der Waals surface area contributed by atoms with Crippen LogP contribution in [0.4, 0.5) is 0 Å². The van der Waals surface area contributed by atoms with Crippen molar-refractivity contribution in [3.8, 4) is 0 Å². The number of carboxylic acid groups (broad SMARTS) is 1. The summed E-state index contributed by atoms with van der Waals surface area (Å²) in [7, 11) is 0. The van der Waals surface area contributed by atoms with E-state index in [1.165, 1.54) is 19.3 Å². The molecule has 0 spiro atoms. The van der Waals surface area contributed by atoms with Crippen LogP contribution >= 0.6 is 0 Å². The average Bonchev–Trinajstić information content (AvgIpc) is 2.43. The van der Waals surface area contributed by atoms with Crippen LogP contribution in [0.3, 0.4) is 0 Å². The molecule has 0 aliphatic carbocycles. The molecule has 0 aromatic heterocycles. The van der Waals surface area contributed by atoms with Gasteiger partial charge in [-0.25, -0.2) is 0 Å². The number of carbonyl (C=O) groups is 1. The predicted molar refractivity (Wildman–Crippen MR) is 65.5 cm³/mol. The number of hydrogen-bond acceptors (Lipinski definition) is 2. The lowest BCUT2D eigenvalue weighted by Gasteiger charge is -2.29. The third kappa shape index (κ3) is 4.12. The molecule has 3 heteroatoms. The van der Waals surface area contributed by atoms with Crippen LogP contribution < -0.4 is 0 Å². The first-order chi connectivity index (χ1) is 7.65. The van der Waals surface area contributed by atoms with Crippen molar-refractivity contribution in [3.63, 3.8) is 0 Å². The molecule has 1 rings (SSSR count). The van der Waals surface area contributed by atoms with E-state index in [1.54, 1.807) is 0 Å². The topological polar surface area (TPSA) is 40.5 Å². The Morgan fingerprint density at radius 2 is 2.19 bits per heavy atom. The Bertz CT molecular complexity index is 218. The summed E-state index contributed by atoms with van der Waals surface area (Å²) in [6.07, 6.45) is 6.62. The predicted octanol–water partition coefficient (Wildman–Crippen LogP) is 2.75. The zero-order valence-corrected chi connectivity index (χ0v) is 10.6. The maximum absolute atomic E-state index is 11.2. The molecule has 2 unspecified atom stereocenters. The van der Waals surface area contributed by atoms with Crippen molar-refractivity contribution in [1.82, 2.24) is 4.90 Å². The summed E-state index contributed by atoms with van der Waals surface area (Å²) in [6.45, 7) is 6.33. The minimum atomic E-state index is -0.634. The summed E-state index contributed by atoms with van der Waals surface area (Å²) < 4.78 is 0. The van der Waals surface area contributed by atoms with Gasteiger partial charge in [0.15, 0.2) is 0 Å². The maximum Gasteiger partial charge on any atom is 0.320 e. The van der Waals surface area contributed by atoms with Crippen molar-refractivity contribution in [2.75, 3.05) is 13.1 Å². The van der Waals surface area contributed by atoms with Crippen LogP contribution in [-0.4, -0.2) is 35.1 Å². The van der Waals surface area contributed by atoms with Crippen molar-refractivity contribution in [2.45, 2.75) is 58.4 Å². The fourth-order valence-electron chi connectivity index (χ4n) is 2.65. The van der Waals surface area contributed by atoms with Crippen molar-refractivity contribution in [3.05, 3.63) is 0 Å². The second kappa shape index (κ2) is 6.89. The smallest absolute Gasteiger partial charge is 0.320 e. The van der Waals surface area contributed by atoms with E-state index in [1.807, 2.05) is 0 Å². The summed E-state index contributed by atoms with van der Waals surface area (Å²) in [6, 6.07) is -0.234. The first-order valence-corrected chi connectivity index (χ1v) is 6.62. The lowest BCUT2D eigenvalue weighted by atomic mass is 10.0. The number of carboxylic acids is 1. The van der Waals surface area contributed by atoms with Gasteiger partial charge in [0, 0.05) is 6.54 Å². The van der Waals surface area contributed by atoms with Crippen LogP contribution in [0.5, 0.6) is 0 Å². The molecule has 3 nitrogen and oxygen atoms in total. The van der Waals surface area contributed by atoms with Gasteiger partial charge in [0.25, 0.3) is 0 Å². The first-order valence-electron chi connectivity index (χ1n) is 6.62. The van der Waals surface area contributed by atoms with Crippen LogP contribution in [0.2, 0.25) is 0 Å². The van der Waals surface area contributed by atoms with E-state index < -0.39 is 5.97 Å². The largest absolute Gasteiger partial charge is 0.480 e. The Morgan fingerprint density at radius 1 is 1.44 bits per heavy atom. The van der Waals surface area contributed by atoms with Gasteiger partial charge in [0.1, 0.15) is 6.04 Å². The van der Waals surface area contributed by atoms with Crippen LogP contribution in [0.15, 0.2) is 0 Å². The Labute approximate surface area is 98.8 Å². The number of aliphatic carboxylic acids is 1. The molecule has 0 aromatic carbocycles. The molecule has 1 fully saturated rings. The van der Waals surface area contributed by atoms with Crippen molar-refractivity contribution >= 4 is 5.97 Å². The molecule has 1 aliphatic rings. The minimum absolute atomic E-state index is 0.234. The van der Waals surface area contributed by atoms with E-state index in [0.717, 1.165) is 32.4 Å². The molecule has 0 radical (unpaired) electrons. The van der Waals surface area contributed by atoms with Gasteiger partial charge >= 0.3 is 5.97 Å². The van der Waals surface area contributed by atoms with E-state index in [9.17, 15) is 9.90 Å². The summed E-state index contributed by atoms with van der Waals surface area (Å²) >= 11 is 0.